The molecule has 1 saturated heterocycles. The van der Waals surface area contributed by atoms with Crippen LogP contribution in [-0.2, 0) is 24.4 Å². The second-order valence-corrected chi connectivity index (χ2v) is 19.9. The Bertz CT molecular complexity index is 2210. The summed E-state index contributed by atoms with van der Waals surface area (Å²) in [5.41, 5.74) is -4.66. The maximum Gasteiger partial charge on any atom is 0.408 e. The summed E-state index contributed by atoms with van der Waals surface area (Å²) in [7, 11) is 0.298. The van der Waals surface area contributed by atoms with Gasteiger partial charge in [-0.25, -0.2) is 17.6 Å². The summed E-state index contributed by atoms with van der Waals surface area (Å²) in [5, 5.41) is 14.0. The van der Waals surface area contributed by atoms with Crippen molar-refractivity contribution in [1.29, 1.82) is 0 Å². The second-order valence-electron chi connectivity index (χ2n) is 17.8. The van der Waals surface area contributed by atoms with Gasteiger partial charge < -0.3 is 24.8 Å². The van der Waals surface area contributed by atoms with Crippen LogP contribution in [-0.4, -0.2) is 120 Å². The van der Waals surface area contributed by atoms with Crippen LogP contribution < -0.4 is 24.4 Å². The topological polar surface area (TPSA) is 188 Å². The molecule has 0 bridgehead atoms. The van der Waals surface area contributed by atoms with Crippen LogP contribution in [0.1, 0.15) is 86.0 Å². The summed E-state index contributed by atoms with van der Waals surface area (Å²) in [6.07, 6.45) is 2.43. The van der Waals surface area contributed by atoms with Gasteiger partial charge in [-0.1, -0.05) is 32.9 Å². The van der Waals surface area contributed by atoms with Crippen LogP contribution in [0.15, 0.2) is 36.4 Å². The number of nitrogens with zero attached hydrogens (tertiary/aromatic N) is 4. The molecule has 4 aliphatic rings. The quantitative estimate of drug-likeness (QED) is 0.188. The fraction of sp³-hybridized carbons (Fsp3) is 0.643. The third-order valence-corrected chi connectivity index (χ3v) is 15.2. The van der Waals surface area contributed by atoms with Gasteiger partial charge in [-0.05, 0) is 100 Å². The van der Waals surface area contributed by atoms with Crippen molar-refractivity contribution in [2.45, 2.75) is 126 Å². The van der Waals surface area contributed by atoms with Crippen molar-refractivity contribution in [3.8, 4) is 11.6 Å². The summed E-state index contributed by atoms with van der Waals surface area (Å²) in [6.45, 7) is 6.59. The maximum atomic E-state index is 17.8. The number of hydrogen-bond donors (Lipinski definition) is 3. The van der Waals surface area contributed by atoms with Gasteiger partial charge >= 0.3 is 12.1 Å². The maximum absolute atomic E-state index is 17.8. The van der Waals surface area contributed by atoms with E-state index in [9.17, 15) is 32.3 Å². The molecule has 19 heteroatoms. The minimum atomic E-state index is -4.56. The van der Waals surface area contributed by atoms with Gasteiger partial charge in [0.1, 0.15) is 40.6 Å². The molecular weight excluding hydrogens is 822 g/mol. The van der Waals surface area contributed by atoms with Crippen molar-refractivity contribution in [1.82, 2.24) is 24.8 Å². The third-order valence-electron chi connectivity index (χ3n) is 13.1. The monoisotopic (exact) mass is 878 g/mol. The lowest BCUT2D eigenvalue weighted by atomic mass is 9.86. The molecule has 1 unspecified atom stereocenters. The molecule has 1 aromatic carbocycles. The van der Waals surface area contributed by atoms with Crippen molar-refractivity contribution in [3.05, 3.63) is 36.4 Å². The Balaban J connectivity index is 1.50. The number of carboxylic acid groups (broad SMARTS) is 1. The fourth-order valence-corrected chi connectivity index (χ4v) is 10.2. The number of carbonyl (C=O) groups excluding carboxylic acids is 3. The van der Waals surface area contributed by atoms with Crippen LogP contribution in [0.4, 0.5) is 23.8 Å². The lowest BCUT2D eigenvalue weighted by Gasteiger charge is -2.42. The number of nitrogens with one attached hydrogen (secondary N) is 2. The highest BCUT2D eigenvalue weighted by atomic mass is 32.2. The minimum Gasteiger partial charge on any atom is -0.497 e. The fourth-order valence-electron chi connectivity index (χ4n) is 8.78. The number of amides is 4. The van der Waals surface area contributed by atoms with E-state index in [0.717, 1.165) is 11.8 Å². The molecule has 8 atom stereocenters. The zero-order chi connectivity index (χ0) is 45.0. The number of ether oxygens (including phenoxy) is 2. The normalized spacial score (nSPS) is 30.7. The number of fused-ring (bicyclic) bond motifs is 3. The number of aromatic nitrogens is 1. The number of pyridine rings is 1. The molecule has 4 amide bonds. The number of rotatable bonds is 11. The van der Waals surface area contributed by atoms with Crippen molar-refractivity contribution < 1.29 is 55.3 Å². The number of anilines is 1. The summed E-state index contributed by atoms with van der Waals surface area (Å²) < 4.78 is 87.9. The molecule has 1 aromatic heterocycles. The van der Waals surface area contributed by atoms with E-state index in [2.05, 4.69) is 10.3 Å². The predicted molar refractivity (Wildman–Crippen MR) is 221 cm³/mol. The highest BCUT2D eigenvalue weighted by Crippen LogP contribution is 2.52. The number of sulfonamides is 1. The number of halogens is 3. The number of allylic oxidation sites excluding steroid dienone is 1. The molecule has 3 N–H and O–H groups in total. The van der Waals surface area contributed by atoms with Gasteiger partial charge in [0.05, 0.1) is 7.11 Å². The Morgan fingerprint density at radius 2 is 1.84 bits per heavy atom. The van der Waals surface area contributed by atoms with E-state index in [1.54, 1.807) is 76.2 Å². The van der Waals surface area contributed by atoms with E-state index in [1.807, 2.05) is 11.6 Å². The van der Waals surface area contributed by atoms with E-state index < -0.39 is 98.8 Å². The molecule has 3 heterocycles. The summed E-state index contributed by atoms with van der Waals surface area (Å²) in [6, 6.07) is -2.37. The van der Waals surface area contributed by atoms with Gasteiger partial charge in [-0.2, -0.15) is 13.8 Å². The van der Waals surface area contributed by atoms with Crippen LogP contribution >= 0.6 is 0 Å². The molecule has 3 fully saturated rings. The van der Waals surface area contributed by atoms with Gasteiger partial charge in [0.25, 0.3) is 11.8 Å². The zero-order valence-electron chi connectivity index (χ0n) is 35.8. The summed E-state index contributed by atoms with van der Waals surface area (Å²) >= 11 is 0. The average Bonchev–Trinajstić information content (AvgIpc) is 4.11. The lowest BCUT2D eigenvalue weighted by molar-refractivity contribution is -0.219. The molecule has 0 radical (unpaired) electrons. The Hall–Kier alpha value is -4.81. The first-order valence-electron chi connectivity index (χ1n) is 20.7. The highest BCUT2D eigenvalue weighted by Gasteiger charge is 2.71. The van der Waals surface area contributed by atoms with E-state index in [4.69, 9.17) is 9.47 Å². The standard InChI is InChI=1S/C42H57F3N6O9S/c1-9-26(4)50(38(55)56)33-25(3)18-24(2)12-10-11-13-28-21-41(28,37(54)48-61(57,58)40(23-43)16-17-40)47-34(52)31-22-39(5,42(44,45)51(31)36(33)53)60-35-30-15-14-29(59-8)19-27(30)20-32(46-35)49(6)7/h11,13-15,19-20,24-26,28,31,33H,9-10,12,16-18,21-23H2,1-8H3,(H,47,52)(H,48,54)(H,55,56)/b13-11-/t24-,25+,26?,28+,31-,33-,39+,41+/m0/s1. The van der Waals surface area contributed by atoms with E-state index >= 15 is 13.6 Å². The van der Waals surface area contributed by atoms with Crippen molar-refractivity contribution in [3.63, 3.8) is 0 Å². The van der Waals surface area contributed by atoms with Crippen molar-refractivity contribution in [2.75, 3.05) is 32.8 Å². The molecule has 336 valence electrons. The van der Waals surface area contributed by atoms with Gasteiger partial charge in [0, 0.05) is 37.9 Å². The summed E-state index contributed by atoms with van der Waals surface area (Å²) in [5.74, 6) is -4.90. The predicted octanol–water partition coefficient (Wildman–Crippen LogP) is 5.62. The largest absolute Gasteiger partial charge is 0.497 e. The highest BCUT2D eigenvalue weighted by molar-refractivity contribution is 7.91. The molecule has 2 saturated carbocycles. The van der Waals surface area contributed by atoms with Crippen LogP contribution in [0.25, 0.3) is 10.8 Å². The number of carbonyl (C=O) groups is 4. The Labute approximate surface area is 354 Å². The molecule has 15 nitrogen and oxygen atoms in total. The SMILES string of the molecule is CCC(C)N(C(=O)O)[C@@H]1C(=O)N2[C@@H](C[C@@](C)(Oc3nc(N(C)C)cc4cc(OC)ccc34)C2(F)F)C(=O)N[C@]2(C(=O)NS(=O)(=O)C3(CF)CC3)C[C@H]2/C=C\CC[C@H](C)C[C@H]1C. The van der Waals surface area contributed by atoms with E-state index in [-0.39, 0.29) is 48.8 Å². The second kappa shape index (κ2) is 16.5. The minimum absolute atomic E-state index is 0.0153. The van der Waals surface area contributed by atoms with Crippen LogP contribution in [0.2, 0.25) is 0 Å². The van der Waals surface area contributed by atoms with Crippen molar-refractivity contribution in [2.24, 2.45) is 17.8 Å². The van der Waals surface area contributed by atoms with Crippen LogP contribution in [0.3, 0.4) is 0 Å². The van der Waals surface area contributed by atoms with Gasteiger partial charge in [0.2, 0.25) is 21.8 Å². The third kappa shape index (κ3) is 8.18. The average molecular weight is 879 g/mol. The van der Waals surface area contributed by atoms with E-state index in [1.165, 1.54) is 7.11 Å². The van der Waals surface area contributed by atoms with Gasteiger partial charge in [0.15, 0.2) is 5.60 Å². The molecule has 0 spiro atoms. The van der Waals surface area contributed by atoms with E-state index in [0.29, 0.717) is 35.2 Å². The lowest BCUT2D eigenvalue weighted by Crippen LogP contribution is -2.64. The smallest absolute Gasteiger partial charge is 0.408 e. The van der Waals surface area contributed by atoms with Gasteiger partial charge in [-0.3, -0.25) is 28.9 Å². The number of hydrogen-bond acceptors (Lipinski definition) is 10. The first kappa shape index (κ1) is 45.7. The molecule has 6 rings (SSSR count). The molecule has 2 aliphatic heterocycles. The number of methoxy groups -OCH3 is 1. The van der Waals surface area contributed by atoms with Gasteiger partial charge in [-0.15, -0.1) is 0 Å². The molecule has 61 heavy (non-hydrogen) atoms. The first-order chi connectivity index (χ1) is 28.5. The first-order valence-corrected chi connectivity index (χ1v) is 22.2. The Morgan fingerprint density at radius 1 is 1.15 bits per heavy atom. The van der Waals surface area contributed by atoms with Crippen LogP contribution in [0.5, 0.6) is 11.6 Å². The number of benzene rings is 1. The van der Waals surface area contributed by atoms with Crippen molar-refractivity contribution >= 4 is 50.4 Å². The number of alkyl halides is 3. The Morgan fingerprint density at radius 3 is 2.43 bits per heavy atom. The zero-order valence-corrected chi connectivity index (χ0v) is 36.7. The molecular formula is C42H57F3N6O9S. The summed E-state index contributed by atoms with van der Waals surface area (Å²) in [4.78, 5) is 64.1. The van der Waals surface area contributed by atoms with Crippen LogP contribution in [0, 0.1) is 17.8 Å². The Kier molecular flexibility index (Phi) is 12.3. The molecule has 2 aliphatic carbocycles. The molecule has 2 aromatic rings.